The molecule has 0 N–H and O–H groups in total. The highest BCUT2D eigenvalue weighted by atomic mass is 16.5. The number of hydrogen-bond acceptors (Lipinski definition) is 4. The van der Waals surface area contributed by atoms with Gasteiger partial charge in [-0.25, -0.2) is 0 Å². The van der Waals surface area contributed by atoms with Gasteiger partial charge < -0.3 is 19.1 Å². The van der Waals surface area contributed by atoms with Crippen molar-refractivity contribution in [1.29, 1.82) is 0 Å². The van der Waals surface area contributed by atoms with Gasteiger partial charge in [-0.1, -0.05) is 6.07 Å². The van der Waals surface area contributed by atoms with Gasteiger partial charge in [-0.15, -0.1) is 0 Å². The second-order valence-corrected chi connectivity index (χ2v) is 4.44. The first-order chi connectivity index (χ1) is 9.21. The van der Waals surface area contributed by atoms with E-state index in [1.165, 1.54) is 7.11 Å². The lowest BCUT2D eigenvalue weighted by Gasteiger charge is -2.18. The average Bonchev–Trinajstić information content (AvgIpc) is 2.94. The summed E-state index contributed by atoms with van der Waals surface area (Å²) in [5, 5.41) is 0. The summed E-state index contributed by atoms with van der Waals surface area (Å²) in [5.41, 5.74) is 0.526. The zero-order valence-electron chi connectivity index (χ0n) is 11.5. The van der Waals surface area contributed by atoms with Crippen molar-refractivity contribution >= 4 is 5.91 Å². The minimum Gasteiger partial charge on any atom is -0.493 e. The van der Waals surface area contributed by atoms with Gasteiger partial charge in [-0.05, 0) is 18.6 Å². The molecule has 0 bridgehead atoms. The van der Waals surface area contributed by atoms with E-state index in [2.05, 4.69) is 0 Å². The summed E-state index contributed by atoms with van der Waals surface area (Å²) < 4.78 is 15.8. The van der Waals surface area contributed by atoms with Crippen molar-refractivity contribution in [3.05, 3.63) is 23.8 Å². The maximum atomic E-state index is 12.5. The monoisotopic (exact) mass is 265 g/mol. The second kappa shape index (κ2) is 5.93. The third kappa shape index (κ3) is 2.66. The van der Waals surface area contributed by atoms with Gasteiger partial charge in [-0.2, -0.15) is 0 Å². The van der Waals surface area contributed by atoms with Crippen molar-refractivity contribution in [3.8, 4) is 11.5 Å². The third-order valence-electron chi connectivity index (χ3n) is 3.40. The number of para-hydroxylation sites is 1. The van der Waals surface area contributed by atoms with E-state index in [-0.39, 0.29) is 12.0 Å². The first-order valence-corrected chi connectivity index (χ1v) is 6.24. The van der Waals surface area contributed by atoms with Crippen LogP contribution in [0.25, 0.3) is 0 Å². The second-order valence-electron chi connectivity index (χ2n) is 4.44. The molecule has 1 atom stereocenters. The van der Waals surface area contributed by atoms with Crippen LogP contribution in [-0.4, -0.2) is 51.3 Å². The van der Waals surface area contributed by atoms with Gasteiger partial charge in [0.2, 0.25) is 0 Å². The predicted molar refractivity (Wildman–Crippen MR) is 70.9 cm³/mol. The SMILES string of the molecule is COc1cccc(C(=O)N2CCC(OC)C2)c1OC. The van der Waals surface area contributed by atoms with Gasteiger partial charge in [0.05, 0.1) is 25.9 Å². The zero-order chi connectivity index (χ0) is 13.8. The Bertz CT molecular complexity index is 461. The average molecular weight is 265 g/mol. The lowest BCUT2D eigenvalue weighted by atomic mass is 10.1. The van der Waals surface area contributed by atoms with E-state index in [1.807, 2.05) is 0 Å². The van der Waals surface area contributed by atoms with E-state index in [9.17, 15) is 4.79 Å². The summed E-state index contributed by atoms with van der Waals surface area (Å²) in [5.74, 6) is 1.00. The molecule has 5 heteroatoms. The van der Waals surface area contributed by atoms with Crippen LogP contribution in [0.1, 0.15) is 16.8 Å². The molecule has 2 rings (SSSR count). The van der Waals surface area contributed by atoms with Crippen LogP contribution in [-0.2, 0) is 4.74 Å². The van der Waals surface area contributed by atoms with Gasteiger partial charge in [0.1, 0.15) is 0 Å². The molecule has 1 amide bonds. The van der Waals surface area contributed by atoms with Gasteiger partial charge in [0.15, 0.2) is 11.5 Å². The van der Waals surface area contributed by atoms with Crippen LogP contribution in [0, 0.1) is 0 Å². The van der Waals surface area contributed by atoms with E-state index >= 15 is 0 Å². The number of nitrogens with zero attached hydrogens (tertiary/aromatic N) is 1. The molecular weight excluding hydrogens is 246 g/mol. The Morgan fingerprint density at radius 1 is 1.26 bits per heavy atom. The highest BCUT2D eigenvalue weighted by Crippen LogP contribution is 2.32. The van der Waals surface area contributed by atoms with Gasteiger partial charge in [0.25, 0.3) is 5.91 Å². The number of carbonyl (C=O) groups is 1. The summed E-state index contributed by atoms with van der Waals surface area (Å²) in [6, 6.07) is 5.32. The molecule has 1 aromatic carbocycles. The van der Waals surface area contributed by atoms with Crippen molar-refractivity contribution in [1.82, 2.24) is 4.90 Å². The molecule has 0 aromatic heterocycles. The Balaban J connectivity index is 2.24. The number of ether oxygens (including phenoxy) is 3. The van der Waals surface area contributed by atoms with E-state index in [4.69, 9.17) is 14.2 Å². The third-order valence-corrected chi connectivity index (χ3v) is 3.40. The molecule has 1 aliphatic rings. The number of benzene rings is 1. The summed E-state index contributed by atoms with van der Waals surface area (Å²) in [4.78, 5) is 14.3. The number of likely N-dealkylation sites (tertiary alicyclic amines) is 1. The molecule has 0 radical (unpaired) electrons. The van der Waals surface area contributed by atoms with Gasteiger partial charge in [-0.3, -0.25) is 4.79 Å². The first-order valence-electron chi connectivity index (χ1n) is 6.24. The zero-order valence-corrected chi connectivity index (χ0v) is 11.5. The highest BCUT2D eigenvalue weighted by Gasteiger charge is 2.29. The normalized spacial score (nSPS) is 18.5. The standard InChI is InChI=1S/C14H19NO4/c1-17-10-7-8-15(9-10)14(16)11-5-4-6-12(18-2)13(11)19-3/h4-6,10H,7-9H2,1-3H3. The van der Waals surface area contributed by atoms with Crippen LogP contribution in [0.3, 0.4) is 0 Å². The van der Waals surface area contributed by atoms with E-state index in [0.717, 1.165) is 6.42 Å². The molecular formula is C14H19NO4. The molecule has 0 aliphatic carbocycles. The molecule has 19 heavy (non-hydrogen) atoms. The van der Waals surface area contributed by atoms with Crippen molar-refractivity contribution in [2.75, 3.05) is 34.4 Å². The minimum atomic E-state index is -0.0460. The summed E-state index contributed by atoms with van der Waals surface area (Å²) >= 11 is 0. The molecule has 1 aromatic rings. The van der Waals surface area contributed by atoms with Crippen LogP contribution in [0.2, 0.25) is 0 Å². The Morgan fingerprint density at radius 2 is 2.05 bits per heavy atom. The molecule has 1 fully saturated rings. The lowest BCUT2D eigenvalue weighted by molar-refractivity contribution is 0.0720. The fourth-order valence-electron chi connectivity index (χ4n) is 2.33. The van der Waals surface area contributed by atoms with Crippen LogP contribution in [0.5, 0.6) is 11.5 Å². The Morgan fingerprint density at radius 3 is 2.63 bits per heavy atom. The lowest BCUT2D eigenvalue weighted by Crippen LogP contribution is -2.30. The van der Waals surface area contributed by atoms with Crippen LogP contribution in [0.4, 0.5) is 0 Å². The number of amides is 1. The quantitative estimate of drug-likeness (QED) is 0.829. The Kier molecular flexibility index (Phi) is 4.27. The Labute approximate surface area is 113 Å². The largest absolute Gasteiger partial charge is 0.493 e. The van der Waals surface area contributed by atoms with Crippen molar-refractivity contribution in [3.63, 3.8) is 0 Å². The van der Waals surface area contributed by atoms with E-state index in [1.54, 1.807) is 37.3 Å². The highest BCUT2D eigenvalue weighted by molar-refractivity contribution is 5.98. The van der Waals surface area contributed by atoms with Gasteiger partial charge >= 0.3 is 0 Å². The number of hydrogen-bond donors (Lipinski definition) is 0. The Hall–Kier alpha value is -1.75. The molecule has 1 unspecified atom stereocenters. The number of carbonyl (C=O) groups excluding carboxylic acids is 1. The summed E-state index contributed by atoms with van der Waals surface area (Å²) in [6.45, 7) is 1.33. The predicted octanol–water partition coefficient (Wildman–Crippen LogP) is 1.56. The molecule has 1 saturated heterocycles. The minimum absolute atomic E-state index is 0.0460. The molecule has 1 heterocycles. The topological polar surface area (TPSA) is 48.0 Å². The van der Waals surface area contributed by atoms with E-state index in [0.29, 0.717) is 30.2 Å². The van der Waals surface area contributed by atoms with E-state index < -0.39 is 0 Å². The maximum Gasteiger partial charge on any atom is 0.257 e. The number of methoxy groups -OCH3 is 3. The smallest absolute Gasteiger partial charge is 0.257 e. The fourth-order valence-corrected chi connectivity index (χ4v) is 2.33. The summed E-state index contributed by atoms with van der Waals surface area (Å²) in [6.07, 6.45) is 0.995. The first kappa shape index (κ1) is 13.7. The molecule has 0 spiro atoms. The summed E-state index contributed by atoms with van der Waals surface area (Å²) in [7, 11) is 4.77. The van der Waals surface area contributed by atoms with Crippen molar-refractivity contribution in [2.24, 2.45) is 0 Å². The van der Waals surface area contributed by atoms with Crippen LogP contribution < -0.4 is 9.47 Å². The van der Waals surface area contributed by atoms with Crippen LogP contribution in [0.15, 0.2) is 18.2 Å². The fraction of sp³-hybridized carbons (Fsp3) is 0.500. The van der Waals surface area contributed by atoms with Gasteiger partial charge in [0, 0.05) is 20.2 Å². The van der Waals surface area contributed by atoms with Crippen LogP contribution >= 0.6 is 0 Å². The molecule has 1 aliphatic heterocycles. The van der Waals surface area contributed by atoms with Crippen molar-refractivity contribution < 1.29 is 19.0 Å². The molecule has 104 valence electrons. The maximum absolute atomic E-state index is 12.5. The number of rotatable bonds is 4. The van der Waals surface area contributed by atoms with Crippen molar-refractivity contribution in [2.45, 2.75) is 12.5 Å². The molecule has 0 saturated carbocycles. The molecule has 5 nitrogen and oxygen atoms in total.